The van der Waals surface area contributed by atoms with Crippen LogP contribution in [0.2, 0.25) is 0 Å². The van der Waals surface area contributed by atoms with Crippen LogP contribution in [0.15, 0.2) is 29.1 Å². The van der Waals surface area contributed by atoms with Gasteiger partial charge in [-0.05, 0) is 38.3 Å². The van der Waals surface area contributed by atoms with Crippen molar-refractivity contribution >= 4 is 16.8 Å². The number of rotatable bonds is 10. The SMILES string of the molecule is COCC(=O)N(CCCCCC[NH3+])[C@@H](C)c1nc2ccccc2c(=O)[nH]1. The average Bonchev–Trinajstić information content (AvgIpc) is 2.64. The summed E-state index contributed by atoms with van der Waals surface area (Å²) in [6.07, 6.45) is 4.15. The van der Waals surface area contributed by atoms with E-state index in [0.717, 1.165) is 32.2 Å². The molecule has 0 bridgehead atoms. The van der Waals surface area contributed by atoms with E-state index in [1.54, 1.807) is 17.0 Å². The molecule has 7 heteroatoms. The van der Waals surface area contributed by atoms with E-state index in [1.807, 2.05) is 19.1 Å². The van der Waals surface area contributed by atoms with E-state index in [9.17, 15) is 9.59 Å². The first kappa shape index (κ1) is 20.1. The molecule has 1 amide bonds. The van der Waals surface area contributed by atoms with Gasteiger partial charge in [-0.3, -0.25) is 9.59 Å². The van der Waals surface area contributed by atoms with Crippen molar-refractivity contribution in [1.82, 2.24) is 14.9 Å². The Labute approximate surface area is 153 Å². The van der Waals surface area contributed by atoms with E-state index in [4.69, 9.17) is 4.74 Å². The first-order chi connectivity index (χ1) is 12.6. The second kappa shape index (κ2) is 10.0. The Hall–Kier alpha value is -2.25. The number of nitrogens with zero attached hydrogens (tertiary/aromatic N) is 2. The minimum Gasteiger partial charge on any atom is -0.375 e. The standard InChI is InChI=1S/C19H28N4O3/c1-14(18-21-16-10-6-5-9-15(16)19(25)22-18)23(17(24)13-26-2)12-8-4-3-7-11-20/h5-6,9-10,14H,3-4,7-8,11-13,20H2,1-2H3,(H,21,22,25)/p+1/t14-/m0/s1. The van der Waals surface area contributed by atoms with Gasteiger partial charge in [0.25, 0.3) is 5.56 Å². The molecule has 2 aromatic rings. The zero-order valence-electron chi connectivity index (χ0n) is 15.7. The third-order valence-electron chi connectivity index (χ3n) is 4.48. The average molecular weight is 361 g/mol. The molecule has 1 aromatic carbocycles. The molecule has 0 aliphatic carbocycles. The molecular formula is C19H29N4O3+. The summed E-state index contributed by atoms with van der Waals surface area (Å²) in [6, 6.07) is 6.87. The minimum atomic E-state index is -0.331. The number of aromatic nitrogens is 2. The van der Waals surface area contributed by atoms with Gasteiger partial charge in [0.1, 0.15) is 12.4 Å². The number of nitrogens with one attached hydrogen (secondary N) is 1. The lowest BCUT2D eigenvalue weighted by atomic mass is 10.1. The molecule has 1 atom stereocenters. The Kier molecular flexibility index (Phi) is 7.74. The van der Waals surface area contributed by atoms with Crippen molar-refractivity contribution < 1.29 is 15.3 Å². The summed E-state index contributed by atoms with van der Waals surface area (Å²) in [5.74, 6) is 0.392. The van der Waals surface area contributed by atoms with Gasteiger partial charge in [0.15, 0.2) is 0 Å². The summed E-state index contributed by atoms with van der Waals surface area (Å²) in [7, 11) is 1.51. The van der Waals surface area contributed by atoms with Crippen LogP contribution >= 0.6 is 0 Å². The van der Waals surface area contributed by atoms with E-state index in [1.165, 1.54) is 7.11 Å². The van der Waals surface area contributed by atoms with Crippen LogP contribution in [-0.4, -0.2) is 47.6 Å². The van der Waals surface area contributed by atoms with Gasteiger partial charge in [-0.2, -0.15) is 0 Å². The van der Waals surface area contributed by atoms with Crippen molar-refractivity contribution in [3.63, 3.8) is 0 Å². The molecule has 0 saturated heterocycles. The highest BCUT2D eigenvalue weighted by Crippen LogP contribution is 2.19. The highest BCUT2D eigenvalue weighted by Gasteiger charge is 2.23. The minimum absolute atomic E-state index is 0.0149. The van der Waals surface area contributed by atoms with Crippen molar-refractivity contribution in [3.8, 4) is 0 Å². The Balaban J connectivity index is 2.20. The van der Waals surface area contributed by atoms with Crippen LogP contribution in [0.3, 0.4) is 0 Å². The monoisotopic (exact) mass is 361 g/mol. The van der Waals surface area contributed by atoms with Crippen LogP contribution < -0.4 is 11.3 Å². The van der Waals surface area contributed by atoms with Gasteiger partial charge in [-0.1, -0.05) is 18.6 Å². The molecule has 26 heavy (non-hydrogen) atoms. The second-order valence-corrected chi connectivity index (χ2v) is 6.43. The van der Waals surface area contributed by atoms with Gasteiger partial charge >= 0.3 is 0 Å². The van der Waals surface area contributed by atoms with Gasteiger partial charge in [0.05, 0.1) is 23.5 Å². The fraction of sp³-hybridized carbons (Fsp3) is 0.526. The van der Waals surface area contributed by atoms with Crippen molar-refractivity contribution in [2.75, 3.05) is 26.8 Å². The summed E-state index contributed by atoms with van der Waals surface area (Å²) < 4.78 is 5.02. The summed E-state index contributed by atoms with van der Waals surface area (Å²) in [4.78, 5) is 33.9. The predicted octanol–water partition coefficient (Wildman–Crippen LogP) is 1.26. The van der Waals surface area contributed by atoms with Gasteiger partial charge in [0.2, 0.25) is 5.91 Å². The maximum atomic E-state index is 12.5. The van der Waals surface area contributed by atoms with Gasteiger partial charge < -0.3 is 20.4 Å². The number of amides is 1. The molecule has 7 nitrogen and oxygen atoms in total. The molecule has 1 aromatic heterocycles. The number of carbonyl (C=O) groups excluding carboxylic acids is 1. The van der Waals surface area contributed by atoms with Crippen LogP contribution in [0.4, 0.5) is 0 Å². The third kappa shape index (κ3) is 5.12. The fourth-order valence-electron chi connectivity index (χ4n) is 3.00. The maximum absolute atomic E-state index is 12.5. The molecule has 0 unspecified atom stereocenters. The molecule has 142 valence electrons. The number of benzene rings is 1. The molecule has 2 rings (SSSR count). The zero-order chi connectivity index (χ0) is 18.9. The number of H-pyrrole nitrogens is 1. The van der Waals surface area contributed by atoms with Crippen LogP contribution in [0.5, 0.6) is 0 Å². The highest BCUT2D eigenvalue weighted by atomic mass is 16.5. The quantitative estimate of drug-likeness (QED) is 0.622. The smallest absolute Gasteiger partial charge is 0.258 e. The lowest BCUT2D eigenvalue weighted by Gasteiger charge is -2.28. The van der Waals surface area contributed by atoms with Gasteiger partial charge in [0, 0.05) is 13.7 Å². The van der Waals surface area contributed by atoms with Crippen molar-refractivity contribution in [2.24, 2.45) is 0 Å². The van der Waals surface area contributed by atoms with Crippen molar-refractivity contribution in [2.45, 2.75) is 38.6 Å². The summed E-state index contributed by atoms with van der Waals surface area (Å²) >= 11 is 0. The molecule has 0 fully saturated rings. The van der Waals surface area contributed by atoms with E-state index in [0.29, 0.717) is 23.3 Å². The zero-order valence-corrected chi connectivity index (χ0v) is 15.7. The maximum Gasteiger partial charge on any atom is 0.258 e. The lowest BCUT2D eigenvalue weighted by molar-refractivity contribution is -0.368. The number of aromatic amines is 1. The number of ether oxygens (including phenoxy) is 1. The highest BCUT2D eigenvalue weighted by molar-refractivity contribution is 5.79. The topological polar surface area (TPSA) is 103 Å². The summed E-state index contributed by atoms with van der Waals surface area (Å²) in [5, 5.41) is 0.548. The number of fused-ring (bicyclic) bond motifs is 1. The van der Waals surface area contributed by atoms with E-state index in [2.05, 4.69) is 15.7 Å². The first-order valence-electron chi connectivity index (χ1n) is 9.15. The number of quaternary nitrogens is 1. The number of hydrogen-bond donors (Lipinski definition) is 2. The number of unbranched alkanes of at least 4 members (excludes halogenated alkanes) is 3. The number of methoxy groups -OCH3 is 1. The van der Waals surface area contributed by atoms with Crippen LogP contribution in [0.1, 0.15) is 44.5 Å². The van der Waals surface area contributed by atoms with E-state index in [-0.39, 0.29) is 24.1 Å². The molecular weight excluding hydrogens is 332 g/mol. The summed E-state index contributed by atoms with van der Waals surface area (Å²) in [5.41, 5.74) is 4.29. The van der Waals surface area contributed by atoms with Gasteiger partial charge in [-0.25, -0.2) is 4.98 Å². The Morgan fingerprint density at radius 3 is 2.73 bits per heavy atom. The first-order valence-corrected chi connectivity index (χ1v) is 9.15. The van der Waals surface area contributed by atoms with Gasteiger partial charge in [-0.15, -0.1) is 0 Å². The number of carbonyl (C=O) groups is 1. The van der Waals surface area contributed by atoms with E-state index >= 15 is 0 Å². The lowest BCUT2D eigenvalue weighted by Crippen LogP contribution is -2.50. The van der Waals surface area contributed by atoms with Crippen molar-refractivity contribution in [3.05, 3.63) is 40.4 Å². The molecule has 0 aliphatic heterocycles. The largest absolute Gasteiger partial charge is 0.375 e. The number of para-hydroxylation sites is 1. The van der Waals surface area contributed by atoms with Crippen LogP contribution in [0, 0.1) is 0 Å². The Bertz CT molecular complexity index is 775. The second-order valence-electron chi connectivity index (χ2n) is 6.43. The predicted molar refractivity (Wildman–Crippen MR) is 101 cm³/mol. The fourth-order valence-corrected chi connectivity index (χ4v) is 3.00. The normalized spacial score (nSPS) is 12.3. The molecule has 0 aliphatic rings. The summed E-state index contributed by atoms with van der Waals surface area (Å²) in [6.45, 7) is 3.44. The molecule has 1 heterocycles. The Morgan fingerprint density at radius 1 is 1.27 bits per heavy atom. The van der Waals surface area contributed by atoms with Crippen LogP contribution in [-0.2, 0) is 9.53 Å². The number of hydrogen-bond acceptors (Lipinski definition) is 4. The van der Waals surface area contributed by atoms with E-state index < -0.39 is 0 Å². The Morgan fingerprint density at radius 2 is 2.00 bits per heavy atom. The van der Waals surface area contributed by atoms with Crippen LogP contribution in [0.25, 0.3) is 10.9 Å². The molecule has 0 spiro atoms. The molecule has 0 saturated carbocycles. The van der Waals surface area contributed by atoms with Crippen molar-refractivity contribution in [1.29, 1.82) is 0 Å². The third-order valence-corrected chi connectivity index (χ3v) is 4.48. The molecule has 4 N–H and O–H groups in total. The molecule has 0 radical (unpaired) electrons.